The summed E-state index contributed by atoms with van der Waals surface area (Å²) in [4.78, 5) is 15.6. The minimum absolute atomic E-state index is 0.112. The number of aliphatic hydroxyl groups is 1. The Labute approximate surface area is 88.3 Å². The van der Waals surface area contributed by atoms with E-state index >= 15 is 0 Å². The number of carbonyl (C=O) groups excluding carboxylic acids is 1. The van der Waals surface area contributed by atoms with Gasteiger partial charge in [-0.2, -0.15) is 0 Å². The van der Waals surface area contributed by atoms with E-state index < -0.39 is 6.10 Å². The first kappa shape index (κ1) is 10.1. The summed E-state index contributed by atoms with van der Waals surface area (Å²) in [6.07, 6.45) is 3.76. The van der Waals surface area contributed by atoms with Gasteiger partial charge in [-0.3, -0.25) is 9.78 Å². The van der Waals surface area contributed by atoms with Gasteiger partial charge in [0, 0.05) is 6.20 Å². The quantitative estimate of drug-likeness (QED) is 0.749. The molecule has 4 nitrogen and oxygen atoms in total. The van der Waals surface area contributed by atoms with Gasteiger partial charge in [0.25, 0.3) is 5.91 Å². The highest BCUT2D eigenvalue weighted by atomic mass is 16.3. The van der Waals surface area contributed by atoms with Crippen LogP contribution in [0.2, 0.25) is 0 Å². The molecule has 1 aliphatic rings. The summed E-state index contributed by atoms with van der Waals surface area (Å²) in [6.45, 7) is 0. The van der Waals surface area contributed by atoms with Crippen LogP contribution in [0.15, 0.2) is 24.4 Å². The van der Waals surface area contributed by atoms with E-state index in [1.54, 1.807) is 24.4 Å². The molecule has 2 rings (SSSR count). The number of hydrogen-bond donors (Lipinski definition) is 2. The van der Waals surface area contributed by atoms with Crippen molar-refractivity contribution in [3.8, 4) is 0 Å². The normalized spacial score (nSPS) is 25.1. The van der Waals surface area contributed by atoms with Crippen molar-refractivity contribution in [1.82, 2.24) is 10.3 Å². The average molecular weight is 206 g/mol. The van der Waals surface area contributed by atoms with Crippen LogP contribution in [0.5, 0.6) is 0 Å². The van der Waals surface area contributed by atoms with Crippen LogP contribution in [0.3, 0.4) is 0 Å². The minimum Gasteiger partial charge on any atom is -0.391 e. The summed E-state index contributed by atoms with van der Waals surface area (Å²) < 4.78 is 0. The first-order valence-corrected chi connectivity index (χ1v) is 5.17. The lowest BCUT2D eigenvalue weighted by Gasteiger charge is -2.15. The fraction of sp³-hybridized carbons (Fsp3) is 0.455. The molecule has 15 heavy (non-hydrogen) atoms. The number of aliphatic hydroxyl groups excluding tert-OH is 1. The van der Waals surface area contributed by atoms with Crippen molar-refractivity contribution in [2.24, 2.45) is 0 Å². The molecule has 2 N–H and O–H groups in total. The molecular formula is C11H14N2O2. The van der Waals surface area contributed by atoms with Gasteiger partial charge in [0.15, 0.2) is 0 Å². The topological polar surface area (TPSA) is 62.2 Å². The zero-order valence-corrected chi connectivity index (χ0v) is 8.39. The number of amides is 1. The van der Waals surface area contributed by atoms with E-state index in [0.29, 0.717) is 5.69 Å². The Bertz CT molecular complexity index is 340. The third-order valence-electron chi connectivity index (χ3n) is 2.69. The SMILES string of the molecule is O=C(NC1CCCC1O)c1ccccn1. The molecule has 2 unspecified atom stereocenters. The van der Waals surface area contributed by atoms with Crippen LogP contribution in [0.4, 0.5) is 0 Å². The number of pyridine rings is 1. The molecule has 1 aliphatic carbocycles. The van der Waals surface area contributed by atoms with Crippen molar-refractivity contribution in [1.29, 1.82) is 0 Å². The van der Waals surface area contributed by atoms with Crippen molar-refractivity contribution in [3.05, 3.63) is 30.1 Å². The molecule has 1 heterocycles. The van der Waals surface area contributed by atoms with Gasteiger partial charge in [-0.25, -0.2) is 0 Å². The van der Waals surface area contributed by atoms with Crippen LogP contribution in [0.25, 0.3) is 0 Å². The first-order valence-electron chi connectivity index (χ1n) is 5.17. The van der Waals surface area contributed by atoms with Crippen LogP contribution < -0.4 is 5.32 Å². The Morgan fingerprint density at radius 1 is 1.47 bits per heavy atom. The third-order valence-corrected chi connectivity index (χ3v) is 2.69. The lowest BCUT2D eigenvalue weighted by atomic mass is 10.2. The van der Waals surface area contributed by atoms with Crippen LogP contribution in [-0.2, 0) is 0 Å². The molecule has 0 spiro atoms. The summed E-state index contributed by atoms with van der Waals surface area (Å²) in [7, 11) is 0. The monoisotopic (exact) mass is 206 g/mol. The number of rotatable bonds is 2. The number of nitrogens with zero attached hydrogens (tertiary/aromatic N) is 1. The summed E-state index contributed by atoms with van der Waals surface area (Å²) in [5.74, 6) is -0.207. The molecule has 4 heteroatoms. The molecule has 0 aliphatic heterocycles. The molecule has 0 radical (unpaired) electrons. The highest BCUT2D eigenvalue weighted by Gasteiger charge is 2.26. The van der Waals surface area contributed by atoms with E-state index in [1.165, 1.54) is 0 Å². The van der Waals surface area contributed by atoms with Crippen molar-refractivity contribution in [2.45, 2.75) is 31.4 Å². The summed E-state index contributed by atoms with van der Waals surface area (Å²) in [5.41, 5.74) is 0.400. The van der Waals surface area contributed by atoms with E-state index in [1.807, 2.05) is 0 Å². The number of carbonyl (C=O) groups is 1. The van der Waals surface area contributed by atoms with E-state index in [-0.39, 0.29) is 11.9 Å². The number of nitrogens with one attached hydrogen (secondary N) is 1. The van der Waals surface area contributed by atoms with E-state index in [0.717, 1.165) is 19.3 Å². The molecule has 1 aromatic rings. The summed E-state index contributed by atoms with van der Waals surface area (Å²) >= 11 is 0. The highest BCUT2D eigenvalue weighted by molar-refractivity contribution is 5.92. The third kappa shape index (κ3) is 2.33. The van der Waals surface area contributed by atoms with Crippen molar-refractivity contribution < 1.29 is 9.90 Å². The standard InChI is InChI=1S/C11H14N2O2/c14-10-6-3-5-8(10)13-11(15)9-4-1-2-7-12-9/h1-2,4,7-8,10,14H,3,5-6H2,(H,13,15). The Hall–Kier alpha value is -1.42. The molecule has 0 saturated heterocycles. The summed E-state index contributed by atoms with van der Waals surface area (Å²) in [5, 5.41) is 12.3. The molecule has 1 fully saturated rings. The summed E-state index contributed by atoms with van der Waals surface area (Å²) in [6, 6.07) is 5.09. The zero-order valence-electron chi connectivity index (χ0n) is 8.39. The lowest BCUT2D eigenvalue weighted by Crippen LogP contribution is -2.40. The maximum atomic E-state index is 11.7. The van der Waals surface area contributed by atoms with E-state index in [9.17, 15) is 9.90 Å². The van der Waals surface area contributed by atoms with Gasteiger partial charge in [-0.05, 0) is 31.4 Å². The molecular weight excluding hydrogens is 192 g/mol. The Balaban J connectivity index is 1.98. The van der Waals surface area contributed by atoms with Crippen molar-refractivity contribution in [2.75, 3.05) is 0 Å². The van der Waals surface area contributed by atoms with Crippen molar-refractivity contribution >= 4 is 5.91 Å². The zero-order chi connectivity index (χ0) is 10.7. The fourth-order valence-electron chi connectivity index (χ4n) is 1.85. The predicted molar refractivity (Wildman–Crippen MR) is 55.3 cm³/mol. The van der Waals surface area contributed by atoms with Crippen LogP contribution in [0.1, 0.15) is 29.8 Å². The minimum atomic E-state index is -0.405. The van der Waals surface area contributed by atoms with Gasteiger partial charge in [0.1, 0.15) is 5.69 Å². The molecule has 1 aromatic heterocycles. The maximum absolute atomic E-state index is 11.7. The van der Waals surface area contributed by atoms with Crippen LogP contribution in [0, 0.1) is 0 Å². The molecule has 1 amide bonds. The highest BCUT2D eigenvalue weighted by Crippen LogP contribution is 2.18. The number of aromatic nitrogens is 1. The van der Waals surface area contributed by atoms with E-state index in [4.69, 9.17) is 0 Å². The predicted octanol–water partition coefficient (Wildman–Crippen LogP) is 0.725. The van der Waals surface area contributed by atoms with Crippen LogP contribution in [-0.4, -0.2) is 28.1 Å². The Kier molecular flexibility index (Phi) is 2.97. The van der Waals surface area contributed by atoms with Gasteiger partial charge < -0.3 is 10.4 Å². The molecule has 0 aromatic carbocycles. The van der Waals surface area contributed by atoms with Gasteiger partial charge in [-0.15, -0.1) is 0 Å². The average Bonchev–Trinajstić information content (AvgIpc) is 2.66. The second-order valence-electron chi connectivity index (χ2n) is 3.79. The molecule has 0 bridgehead atoms. The van der Waals surface area contributed by atoms with Crippen molar-refractivity contribution in [3.63, 3.8) is 0 Å². The van der Waals surface area contributed by atoms with Gasteiger partial charge in [0.2, 0.25) is 0 Å². The maximum Gasteiger partial charge on any atom is 0.270 e. The Morgan fingerprint density at radius 3 is 2.93 bits per heavy atom. The van der Waals surface area contributed by atoms with Gasteiger partial charge >= 0.3 is 0 Å². The number of hydrogen-bond acceptors (Lipinski definition) is 3. The molecule has 80 valence electrons. The second-order valence-corrected chi connectivity index (χ2v) is 3.79. The first-order chi connectivity index (χ1) is 7.27. The van der Waals surface area contributed by atoms with Gasteiger partial charge in [-0.1, -0.05) is 6.07 Å². The lowest BCUT2D eigenvalue weighted by molar-refractivity contribution is 0.0868. The Morgan fingerprint density at radius 2 is 2.33 bits per heavy atom. The van der Waals surface area contributed by atoms with Crippen LogP contribution >= 0.6 is 0 Å². The molecule has 1 saturated carbocycles. The molecule has 2 atom stereocenters. The van der Waals surface area contributed by atoms with Gasteiger partial charge in [0.05, 0.1) is 12.1 Å². The largest absolute Gasteiger partial charge is 0.391 e. The fourth-order valence-corrected chi connectivity index (χ4v) is 1.85. The van der Waals surface area contributed by atoms with E-state index in [2.05, 4.69) is 10.3 Å². The second kappa shape index (κ2) is 4.40. The smallest absolute Gasteiger partial charge is 0.270 e.